The van der Waals surface area contributed by atoms with Gasteiger partial charge in [-0.05, 0) is 48.8 Å². The SMILES string of the molecule is C=CCC(Cc1c(Br)c(-c2cnc3ccccc3c2)c2c(N)ncnn12)OC(=O)NC(C)(C)C. The maximum Gasteiger partial charge on any atom is 0.407 e. The van der Waals surface area contributed by atoms with Gasteiger partial charge in [0.2, 0.25) is 0 Å². The number of rotatable bonds is 6. The molecule has 0 aliphatic rings. The number of carbonyl (C=O) groups is 1. The third kappa shape index (κ3) is 4.89. The van der Waals surface area contributed by atoms with E-state index in [9.17, 15) is 4.79 Å². The minimum Gasteiger partial charge on any atom is -0.445 e. The second kappa shape index (κ2) is 9.42. The van der Waals surface area contributed by atoms with Crippen molar-refractivity contribution in [2.75, 3.05) is 5.73 Å². The molecule has 176 valence electrons. The lowest BCUT2D eigenvalue weighted by molar-refractivity contribution is 0.0917. The number of hydrogen-bond acceptors (Lipinski definition) is 6. The lowest BCUT2D eigenvalue weighted by Gasteiger charge is -2.23. The van der Waals surface area contributed by atoms with E-state index in [1.165, 1.54) is 6.33 Å². The Kier molecular flexibility index (Phi) is 6.56. The zero-order valence-electron chi connectivity index (χ0n) is 19.4. The summed E-state index contributed by atoms with van der Waals surface area (Å²) in [5, 5.41) is 8.30. The normalized spacial score (nSPS) is 12.6. The summed E-state index contributed by atoms with van der Waals surface area (Å²) in [6, 6.07) is 9.98. The standard InChI is InChI=1S/C25H27BrN6O2/c1-5-8-17(34-24(33)31-25(2,3)4)12-19-21(26)20(22-23(27)29-14-30-32(19)22)16-11-15-9-6-7-10-18(15)28-13-16/h5-7,9-11,13-14,17H,1,8,12H2,2-4H3,(H,31,33)(H2,27,29,30). The number of nitrogens with zero attached hydrogens (tertiary/aromatic N) is 4. The van der Waals surface area contributed by atoms with Crippen molar-refractivity contribution in [3.63, 3.8) is 0 Å². The van der Waals surface area contributed by atoms with Crippen LogP contribution in [0.5, 0.6) is 0 Å². The molecule has 34 heavy (non-hydrogen) atoms. The van der Waals surface area contributed by atoms with E-state index in [1.807, 2.05) is 51.2 Å². The van der Waals surface area contributed by atoms with Crippen LogP contribution < -0.4 is 11.1 Å². The van der Waals surface area contributed by atoms with Crippen LogP contribution in [-0.4, -0.2) is 37.3 Å². The molecule has 0 radical (unpaired) electrons. The van der Waals surface area contributed by atoms with Gasteiger partial charge in [-0.2, -0.15) is 5.10 Å². The van der Waals surface area contributed by atoms with Gasteiger partial charge in [-0.25, -0.2) is 14.3 Å². The van der Waals surface area contributed by atoms with Crippen molar-refractivity contribution in [1.82, 2.24) is 24.9 Å². The first-order chi connectivity index (χ1) is 16.2. The fraction of sp³-hybridized carbons (Fsp3) is 0.280. The number of nitrogen functional groups attached to an aromatic ring is 1. The Bertz CT molecular complexity index is 1380. The average molecular weight is 523 g/mol. The maximum absolute atomic E-state index is 12.4. The van der Waals surface area contributed by atoms with Gasteiger partial charge >= 0.3 is 6.09 Å². The number of nitrogens with one attached hydrogen (secondary N) is 1. The van der Waals surface area contributed by atoms with Gasteiger partial charge in [0, 0.05) is 45.6 Å². The van der Waals surface area contributed by atoms with Crippen molar-refractivity contribution in [3.05, 3.63) is 65.7 Å². The number of halogens is 1. The van der Waals surface area contributed by atoms with E-state index in [0.717, 1.165) is 32.2 Å². The molecule has 8 nitrogen and oxygen atoms in total. The Balaban J connectivity index is 1.79. The highest BCUT2D eigenvalue weighted by atomic mass is 79.9. The molecule has 0 saturated heterocycles. The summed E-state index contributed by atoms with van der Waals surface area (Å²) in [5.41, 5.74) is 9.99. The molecule has 4 rings (SSSR count). The van der Waals surface area contributed by atoms with Crippen molar-refractivity contribution in [1.29, 1.82) is 0 Å². The fourth-order valence-electron chi connectivity index (χ4n) is 3.86. The predicted molar refractivity (Wildman–Crippen MR) is 138 cm³/mol. The molecule has 1 aromatic carbocycles. The van der Waals surface area contributed by atoms with Crippen molar-refractivity contribution >= 4 is 44.3 Å². The molecular weight excluding hydrogens is 496 g/mol. The van der Waals surface area contributed by atoms with E-state index in [0.29, 0.717) is 24.2 Å². The van der Waals surface area contributed by atoms with Crippen LogP contribution in [0, 0.1) is 0 Å². The molecule has 9 heteroatoms. The summed E-state index contributed by atoms with van der Waals surface area (Å²) in [6.07, 6.45) is 4.89. The van der Waals surface area contributed by atoms with E-state index in [2.05, 4.69) is 49.0 Å². The number of nitrogens with two attached hydrogens (primary N) is 1. The van der Waals surface area contributed by atoms with Gasteiger partial charge in [0.25, 0.3) is 0 Å². The number of aromatic nitrogens is 4. The van der Waals surface area contributed by atoms with E-state index in [4.69, 9.17) is 10.5 Å². The topological polar surface area (TPSA) is 107 Å². The van der Waals surface area contributed by atoms with Crippen molar-refractivity contribution in [2.45, 2.75) is 45.3 Å². The minimum atomic E-state index is -0.482. The van der Waals surface area contributed by atoms with Crippen LogP contribution in [0.3, 0.4) is 0 Å². The van der Waals surface area contributed by atoms with Crippen LogP contribution in [0.15, 0.2) is 60.0 Å². The maximum atomic E-state index is 12.4. The molecule has 0 aliphatic heterocycles. The van der Waals surface area contributed by atoms with Crippen molar-refractivity contribution in [2.24, 2.45) is 0 Å². The summed E-state index contributed by atoms with van der Waals surface area (Å²) in [7, 11) is 0. The molecule has 3 aromatic heterocycles. The van der Waals surface area contributed by atoms with Gasteiger partial charge in [-0.15, -0.1) is 6.58 Å². The minimum absolute atomic E-state index is 0.344. The van der Waals surface area contributed by atoms with Gasteiger partial charge in [-0.1, -0.05) is 24.3 Å². The van der Waals surface area contributed by atoms with Crippen LogP contribution in [0.2, 0.25) is 0 Å². The smallest absolute Gasteiger partial charge is 0.407 e. The second-order valence-corrected chi connectivity index (χ2v) is 9.88. The third-order valence-electron chi connectivity index (χ3n) is 5.26. The molecule has 0 bridgehead atoms. The van der Waals surface area contributed by atoms with E-state index in [-0.39, 0.29) is 0 Å². The Labute approximate surface area is 206 Å². The summed E-state index contributed by atoms with van der Waals surface area (Å²) in [4.78, 5) is 21.3. The molecule has 0 fully saturated rings. The van der Waals surface area contributed by atoms with Crippen molar-refractivity contribution < 1.29 is 9.53 Å². The number of benzene rings is 1. The van der Waals surface area contributed by atoms with Gasteiger partial charge in [0.05, 0.1) is 11.2 Å². The molecule has 0 spiro atoms. The van der Waals surface area contributed by atoms with E-state index < -0.39 is 17.7 Å². The zero-order chi connectivity index (χ0) is 24.5. The fourth-order valence-corrected chi connectivity index (χ4v) is 4.60. The molecule has 1 amide bonds. The van der Waals surface area contributed by atoms with Gasteiger partial charge in [-0.3, -0.25) is 4.98 Å². The Morgan fingerprint density at radius 1 is 1.32 bits per heavy atom. The number of carbonyl (C=O) groups excluding carboxylic acids is 1. The number of anilines is 1. The van der Waals surface area contributed by atoms with Crippen LogP contribution in [0.4, 0.5) is 10.6 Å². The van der Waals surface area contributed by atoms with Crippen molar-refractivity contribution in [3.8, 4) is 11.1 Å². The Morgan fingerprint density at radius 3 is 2.82 bits per heavy atom. The van der Waals surface area contributed by atoms with Gasteiger partial charge < -0.3 is 15.8 Å². The molecule has 3 N–H and O–H groups in total. The summed E-state index contributed by atoms with van der Waals surface area (Å²) in [5.74, 6) is 0.344. The predicted octanol–water partition coefficient (Wildman–Crippen LogP) is 5.30. The monoisotopic (exact) mass is 522 g/mol. The summed E-state index contributed by atoms with van der Waals surface area (Å²) >= 11 is 3.77. The highest BCUT2D eigenvalue weighted by Crippen LogP contribution is 2.40. The van der Waals surface area contributed by atoms with Crippen LogP contribution in [0.1, 0.15) is 32.9 Å². The Morgan fingerprint density at radius 2 is 2.09 bits per heavy atom. The lowest BCUT2D eigenvalue weighted by Crippen LogP contribution is -2.42. The largest absolute Gasteiger partial charge is 0.445 e. The number of alkyl carbamates (subject to hydrolysis) is 1. The number of amides is 1. The molecule has 1 atom stereocenters. The van der Waals surface area contributed by atoms with Crippen LogP contribution in [-0.2, 0) is 11.2 Å². The van der Waals surface area contributed by atoms with Gasteiger partial charge in [0.1, 0.15) is 17.9 Å². The number of pyridine rings is 1. The van der Waals surface area contributed by atoms with E-state index >= 15 is 0 Å². The number of hydrogen-bond donors (Lipinski definition) is 2. The molecule has 0 aliphatic carbocycles. The highest BCUT2D eigenvalue weighted by molar-refractivity contribution is 9.10. The first kappa shape index (κ1) is 23.7. The molecule has 1 unspecified atom stereocenters. The Hall–Kier alpha value is -3.46. The zero-order valence-corrected chi connectivity index (χ0v) is 21.0. The second-order valence-electron chi connectivity index (χ2n) is 9.09. The quantitative estimate of drug-likeness (QED) is 0.332. The molecule has 3 heterocycles. The summed E-state index contributed by atoms with van der Waals surface area (Å²) < 4.78 is 8.28. The molecule has 4 aromatic rings. The lowest BCUT2D eigenvalue weighted by atomic mass is 10.1. The van der Waals surface area contributed by atoms with Crippen LogP contribution in [0.25, 0.3) is 27.5 Å². The average Bonchev–Trinajstić information content (AvgIpc) is 3.05. The molecule has 0 saturated carbocycles. The number of para-hydroxylation sites is 1. The number of fused-ring (bicyclic) bond motifs is 2. The summed E-state index contributed by atoms with van der Waals surface area (Å²) in [6.45, 7) is 9.52. The van der Waals surface area contributed by atoms with Gasteiger partial charge in [0.15, 0.2) is 5.82 Å². The van der Waals surface area contributed by atoms with Crippen LogP contribution >= 0.6 is 15.9 Å². The third-order valence-corrected chi connectivity index (χ3v) is 6.12. The van der Waals surface area contributed by atoms with E-state index in [1.54, 1.807) is 10.6 Å². The first-order valence-corrected chi connectivity index (χ1v) is 11.7. The highest BCUT2D eigenvalue weighted by Gasteiger charge is 2.26. The molecular formula is C25H27BrN6O2. The number of ether oxygens (including phenoxy) is 1. The first-order valence-electron chi connectivity index (χ1n) is 10.9.